The summed E-state index contributed by atoms with van der Waals surface area (Å²) in [4.78, 5) is 23.9. The molecule has 2 aromatic carbocycles. The summed E-state index contributed by atoms with van der Waals surface area (Å²) < 4.78 is 16.2. The lowest BCUT2D eigenvalue weighted by molar-refractivity contribution is -0.142. The summed E-state index contributed by atoms with van der Waals surface area (Å²) >= 11 is 0. The topological polar surface area (TPSA) is 73.9 Å². The summed E-state index contributed by atoms with van der Waals surface area (Å²) in [6, 6.07) is 13.0. The largest absolute Gasteiger partial charge is 0.490 e. The van der Waals surface area contributed by atoms with Gasteiger partial charge in [-0.15, -0.1) is 0 Å². The number of carbonyl (C=O) groups is 2. The van der Waals surface area contributed by atoms with E-state index in [1.54, 1.807) is 12.1 Å². The molecule has 2 aromatic rings. The highest BCUT2D eigenvalue weighted by Gasteiger charge is 2.10. The molecule has 0 aliphatic carbocycles. The van der Waals surface area contributed by atoms with Crippen LogP contribution in [0.15, 0.2) is 48.5 Å². The van der Waals surface area contributed by atoms with Crippen LogP contribution in [-0.4, -0.2) is 31.7 Å². The van der Waals surface area contributed by atoms with Crippen molar-refractivity contribution >= 4 is 23.6 Å². The summed E-state index contributed by atoms with van der Waals surface area (Å²) in [7, 11) is 0. The van der Waals surface area contributed by atoms with Gasteiger partial charge in [0.2, 0.25) is 0 Å². The molecule has 6 heteroatoms. The predicted molar refractivity (Wildman–Crippen MR) is 111 cm³/mol. The van der Waals surface area contributed by atoms with Gasteiger partial charge in [0, 0.05) is 18.2 Å². The molecule has 1 heterocycles. The fourth-order valence-electron chi connectivity index (χ4n) is 2.78. The van der Waals surface area contributed by atoms with Crippen LogP contribution in [0.1, 0.15) is 37.3 Å². The minimum atomic E-state index is -0.595. The van der Waals surface area contributed by atoms with Gasteiger partial charge in [0.1, 0.15) is 0 Å². The van der Waals surface area contributed by atoms with Crippen LogP contribution < -0.4 is 14.8 Å². The van der Waals surface area contributed by atoms with Crippen LogP contribution in [0.25, 0.3) is 6.08 Å². The summed E-state index contributed by atoms with van der Waals surface area (Å²) in [5.74, 6) is 0.786. The molecular formula is C23H25NO5. The SMILES string of the molecule is CC(C)c1ccc(NC(=O)COC(=O)/C=C/c2ccc3c(c2)OCCCO3)cc1. The fourth-order valence-corrected chi connectivity index (χ4v) is 2.78. The van der Waals surface area contributed by atoms with Crippen molar-refractivity contribution in [3.63, 3.8) is 0 Å². The highest BCUT2D eigenvalue weighted by Crippen LogP contribution is 2.30. The van der Waals surface area contributed by atoms with Gasteiger partial charge in [-0.25, -0.2) is 4.79 Å². The average molecular weight is 395 g/mol. The standard InChI is InChI=1S/C23H25NO5/c1-16(2)18-6-8-19(9-7-18)24-22(25)15-29-23(26)11-5-17-4-10-20-21(14-17)28-13-3-12-27-20/h4-11,14,16H,3,12-13,15H2,1-2H3,(H,24,25)/b11-5+. The van der Waals surface area contributed by atoms with E-state index in [4.69, 9.17) is 14.2 Å². The Balaban J connectivity index is 1.48. The molecule has 0 saturated carbocycles. The molecule has 0 fully saturated rings. The van der Waals surface area contributed by atoms with Crippen molar-refractivity contribution in [3.05, 3.63) is 59.7 Å². The molecule has 6 nitrogen and oxygen atoms in total. The number of carbonyl (C=O) groups excluding carboxylic acids is 2. The lowest BCUT2D eigenvalue weighted by atomic mass is 10.0. The van der Waals surface area contributed by atoms with E-state index < -0.39 is 5.97 Å². The van der Waals surface area contributed by atoms with E-state index in [2.05, 4.69) is 19.2 Å². The number of anilines is 1. The lowest BCUT2D eigenvalue weighted by Gasteiger charge is -2.08. The highest BCUT2D eigenvalue weighted by molar-refractivity contribution is 5.94. The molecule has 0 unspecified atom stereocenters. The number of fused-ring (bicyclic) bond motifs is 1. The number of hydrogen-bond donors (Lipinski definition) is 1. The Hall–Kier alpha value is -3.28. The number of hydrogen-bond acceptors (Lipinski definition) is 5. The molecule has 0 bridgehead atoms. The van der Waals surface area contributed by atoms with Gasteiger partial charge in [0.15, 0.2) is 18.1 Å². The number of esters is 1. The third kappa shape index (κ3) is 6.10. The van der Waals surface area contributed by atoms with Gasteiger partial charge < -0.3 is 19.5 Å². The van der Waals surface area contributed by atoms with Gasteiger partial charge in [-0.05, 0) is 47.4 Å². The zero-order chi connectivity index (χ0) is 20.6. The second-order valence-corrected chi connectivity index (χ2v) is 7.02. The normalized spacial score (nSPS) is 13.2. The molecule has 0 radical (unpaired) electrons. The first kappa shape index (κ1) is 20.5. The lowest BCUT2D eigenvalue weighted by Crippen LogP contribution is -2.20. The van der Waals surface area contributed by atoms with E-state index in [0.717, 1.165) is 12.0 Å². The second-order valence-electron chi connectivity index (χ2n) is 7.02. The van der Waals surface area contributed by atoms with E-state index in [0.29, 0.717) is 36.3 Å². The molecule has 0 saturated heterocycles. The quantitative estimate of drug-likeness (QED) is 0.587. The summed E-state index contributed by atoms with van der Waals surface area (Å²) in [6.07, 6.45) is 3.72. The van der Waals surface area contributed by atoms with E-state index in [1.165, 1.54) is 11.6 Å². The van der Waals surface area contributed by atoms with Crippen LogP contribution >= 0.6 is 0 Å². The second kappa shape index (κ2) is 9.78. The molecule has 1 aliphatic heterocycles. The van der Waals surface area contributed by atoms with Gasteiger partial charge >= 0.3 is 5.97 Å². The Bertz CT molecular complexity index is 887. The Morgan fingerprint density at radius 3 is 2.52 bits per heavy atom. The van der Waals surface area contributed by atoms with E-state index in [-0.39, 0.29) is 12.5 Å². The van der Waals surface area contributed by atoms with Crippen LogP contribution in [-0.2, 0) is 14.3 Å². The smallest absolute Gasteiger partial charge is 0.331 e. The maximum absolute atomic E-state index is 12.0. The van der Waals surface area contributed by atoms with Crippen molar-refractivity contribution in [2.45, 2.75) is 26.2 Å². The highest BCUT2D eigenvalue weighted by atomic mass is 16.5. The first-order chi connectivity index (χ1) is 14.0. The molecule has 1 aliphatic rings. The van der Waals surface area contributed by atoms with E-state index >= 15 is 0 Å². The summed E-state index contributed by atoms with van der Waals surface area (Å²) in [5.41, 5.74) is 2.63. The van der Waals surface area contributed by atoms with Crippen molar-refractivity contribution in [2.75, 3.05) is 25.1 Å². The molecular weight excluding hydrogens is 370 g/mol. The monoisotopic (exact) mass is 395 g/mol. The number of rotatable bonds is 6. The van der Waals surface area contributed by atoms with Crippen molar-refractivity contribution in [1.82, 2.24) is 0 Å². The van der Waals surface area contributed by atoms with Crippen molar-refractivity contribution in [3.8, 4) is 11.5 Å². The number of nitrogens with one attached hydrogen (secondary N) is 1. The summed E-state index contributed by atoms with van der Waals surface area (Å²) in [5, 5.41) is 2.71. The zero-order valence-electron chi connectivity index (χ0n) is 16.6. The molecule has 152 valence electrons. The van der Waals surface area contributed by atoms with Crippen LogP contribution in [0.4, 0.5) is 5.69 Å². The predicted octanol–water partition coefficient (Wildman–Crippen LogP) is 4.17. The Morgan fingerprint density at radius 2 is 1.79 bits per heavy atom. The molecule has 1 amide bonds. The fraction of sp³-hybridized carbons (Fsp3) is 0.304. The van der Waals surface area contributed by atoms with Crippen molar-refractivity contribution in [2.24, 2.45) is 0 Å². The summed E-state index contributed by atoms with van der Waals surface area (Å²) in [6.45, 7) is 5.08. The molecule has 0 spiro atoms. The number of benzene rings is 2. The number of amides is 1. The molecule has 1 N–H and O–H groups in total. The third-order valence-corrected chi connectivity index (χ3v) is 4.39. The molecule has 0 aromatic heterocycles. The molecule has 3 rings (SSSR count). The van der Waals surface area contributed by atoms with Crippen LogP contribution in [0.5, 0.6) is 11.5 Å². The third-order valence-electron chi connectivity index (χ3n) is 4.39. The van der Waals surface area contributed by atoms with Gasteiger partial charge in [-0.3, -0.25) is 4.79 Å². The molecule has 0 atom stereocenters. The van der Waals surface area contributed by atoms with Crippen LogP contribution in [0.2, 0.25) is 0 Å². The van der Waals surface area contributed by atoms with Crippen LogP contribution in [0, 0.1) is 0 Å². The van der Waals surface area contributed by atoms with Gasteiger partial charge in [0.25, 0.3) is 5.91 Å². The first-order valence-electron chi connectivity index (χ1n) is 9.65. The van der Waals surface area contributed by atoms with Gasteiger partial charge in [-0.1, -0.05) is 32.0 Å². The Morgan fingerprint density at radius 1 is 1.07 bits per heavy atom. The Labute approximate surface area is 170 Å². The van der Waals surface area contributed by atoms with E-state index in [1.807, 2.05) is 36.4 Å². The molecule has 29 heavy (non-hydrogen) atoms. The van der Waals surface area contributed by atoms with Crippen molar-refractivity contribution in [1.29, 1.82) is 0 Å². The Kier molecular flexibility index (Phi) is 6.89. The maximum atomic E-state index is 12.0. The van der Waals surface area contributed by atoms with Gasteiger partial charge in [-0.2, -0.15) is 0 Å². The number of ether oxygens (including phenoxy) is 3. The average Bonchev–Trinajstić information content (AvgIpc) is 2.96. The zero-order valence-corrected chi connectivity index (χ0v) is 16.6. The van der Waals surface area contributed by atoms with Gasteiger partial charge in [0.05, 0.1) is 13.2 Å². The first-order valence-corrected chi connectivity index (χ1v) is 9.65. The van der Waals surface area contributed by atoms with Crippen LogP contribution in [0.3, 0.4) is 0 Å². The maximum Gasteiger partial charge on any atom is 0.331 e. The minimum absolute atomic E-state index is 0.351. The van der Waals surface area contributed by atoms with Crippen molar-refractivity contribution < 1.29 is 23.8 Å². The van der Waals surface area contributed by atoms with E-state index in [9.17, 15) is 9.59 Å². The minimum Gasteiger partial charge on any atom is -0.490 e.